The smallest absolute Gasteiger partial charge is 0.321 e. The highest BCUT2D eigenvalue weighted by atomic mass is 32.2. The van der Waals surface area contributed by atoms with Crippen molar-refractivity contribution in [2.24, 2.45) is 0 Å². The molecule has 3 rings (SSSR count). The highest BCUT2D eigenvalue weighted by Crippen LogP contribution is 2.32. The summed E-state index contributed by atoms with van der Waals surface area (Å²) in [7, 11) is -7.00. The molecule has 19 heavy (non-hydrogen) atoms. The largest absolute Gasteiger partial charge is 0.356 e. The first-order valence-corrected chi connectivity index (χ1v) is 8.38. The second-order valence-electron chi connectivity index (χ2n) is 3.85. The van der Waals surface area contributed by atoms with E-state index in [9.17, 15) is 13.0 Å². The second-order valence-corrected chi connectivity index (χ2v) is 7.41. The van der Waals surface area contributed by atoms with Gasteiger partial charge in [-0.3, -0.25) is 4.57 Å². The lowest BCUT2D eigenvalue weighted by Crippen LogP contribution is -2.01. The maximum Gasteiger partial charge on any atom is 0.356 e. The van der Waals surface area contributed by atoms with E-state index in [2.05, 4.69) is 0 Å². The van der Waals surface area contributed by atoms with Crippen LogP contribution >= 0.6 is 7.60 Å². The molecule has 2 aliphatic heterocycles. The first-order chi connectivity index (χ1) is 8.82. The van der Waals surface area contributed by atoms with Gasteiger partial charge in [-0.05, 0) is 36.4 Å². The molecule has 0 aliphatic carbocycles. The van der Waals surface area contributed by atoms with E-state index in [1.807, 2.05) is 0 Å². The van der Waals surface area contributed by atoms with Crippen molar-refractivity contribution in [1.29, 1.82) is 0 Å². The molecule has 7 heteroatoms. The Kier molecular flexibility index (Phi) is 3.60. The SMILES string of the molecule is O=P(O)(O)c1ccccc1.O=S1(=O)C2=CC=C1C=C2. The zero-order valence-electron chi connectivity index (χ0n) is 9.67. The highest BCUT2D eigenvalue weighted by Gasteiger charge is 2.28. The first kappa shape index (κ1) is 14.0. The molecule has 0 saturated carbocycles. The van der Waals surface area contributed by atoms with Crippen LogP contribution in [0.2, 0.25) is 0 Å². The van der Waals surface area contributed by atoms with Crippen LogP contribution in [0.15, 0.2) is 64.4 Å². The fourth-order valence-corrected chi connectivity index (χ4v) is 3.38. The highest BCUT2D eigenvalue weighted by molar-refractivity contribution is 8.00. The summed E-state index contributed by atoms with van der Waals surface area (Å²) in [5.41, 5.74) is 0. The van der Waals surface area contributed by atoms with Gasteiger partial charge in [0.1, 0.15) is 0 Å². The van der Waals surface area contributed by atoms with Crippen molar-refractivity contribution < 1.29 is 22.8 Å². The number of fused-ring (bicyclic) bond motifs is 2. The van der Waals surface area contributed by atoms with Crippen LogP contribution in [0.5, 0.6) is 0 Å². The topological polar surface area (TPSA) is 91.7 Å². The first-order valence-electron chi connectivity index (χ1n) is 5.28. The minimum Gasteiger partial charge on any atom is -0.321 e. The summed E-state index contributed by atoms with van der Waals surface area (Å²) in [6.45, 7) is 0. The average molecular weight is 298 g/mol. The molecule has 2 bridgehead atoms. The normalized spacial score (nSPS) is 18.4. The average Bonchev–Trinajstić information content (AvgIpc) is 2.81. The Hall–Kier alpha value is -1.46. The van der Waals surface area contributed by atoms with Crippen LogP contribution < -0.4 is 5.30 Å². The third kappa shape index (κ3) is 2.93. The van der Waals surface area contributed by atoms with Gasteiger partial charge in [0.25, 0.3) is 0 Å². The molecular formula is C12H11O5PS. The minimum atomic E-state index is -4.02. The molecule has 2 N–H and O–H groups in total. The summed E-state index contributed by atoms with van der Waals surface area (Å²) >= 11 is 0. The minimum absolute atomic E-state index is 0.0648. The summed E-state index contributed by atoms with van der Waals surface area (Å²) in [5.74, 6) is 0. The number of benzene rings is 1. The zero-order valence-corrected chi connectivity index (χ0v) is 11.4. The van der Waals surface area contributed by atoms with Crippen LogP contribution in [-0.2, 0) is 14.4 Å². The van der Waals surface area contributed by atoms with Gasteiger partial charge in [0, 0.05) is 0 Å². The fraction of sp³-hybridized carbons (Fsp3) is 0. The van der Waals surface area contributed by atoms with Crippen molar-refractivity contribution in [1.82, 2.24) is 0 Å². The number of hydrogen-bond acceptors (Lipinski definition) is 3. The number of sulfone groups is 1. The van der Waals surface area contributed by atoms with E-state index in [1.165, 1.54) is 12.1 Å². The van der Waals surface area contributed by atoms with Crippen molar-refractivity contribution in [3.05, 3.63) is 64.4 Å². The Balaban J connectivity index is 0.000000141. The summed E-state index contributed by atoms with van der Waals surface area (Å²) in [5, 5.41) is 0.0648. The standard InChI is InChI=1S/C6H7O3P.C6H4O2S/c7-10(8,9)6-4-2-1-3-5-6;7-9(8)5-1-2-6(9)4-3-5/h1-5H,(H2,7,8,9);1-4H. The number of allylic oxidation sites excluding steroid dienone is 4. The molecule has 2 heterocycles. The third-order valence-corrected chi connectivity index (χ3v) is 5.29. The molecule has 1 aromatic rings. The van der Waals surface area contributed by atoms with Crippen molar-refractivity contribution in [2.45, 2.75) is 0 Å². The lowest BCUT2D eigenvalue weighted by Gasteiger charge is -2.00. The third-order valence-electron chi connectivity index (χ3n) is 2.54. The van der Waals surface area contributed by atoms with Gasteiger partial charge in [0.2, 0.25) is 9.84 Å². The molecule has 100 valence electrons. The van der Waals surface area contributed by atoms with E-state index in [0.717, 1.165) is 0 Å². The van der Waals surface area contributed by atoms with Gasteiger partial charge in [-0.2, -0.15) is 0 Å². The Labute approximate surface area is 110 Å². The fourth-order valence-electron chi connectivity index (χ4n) is 1.56. The van der Waals surface area contributed by atoms with Gasteiger partial charge in [-0.15, -0.1) is 0 Å². The predicted molar refractivity (Wildman–Crippen MR) is 72.3 cm³/mol. The Morgan fingerprint density at radius 3 is 1.58 bits per heavy atom. The maximum absolute atomic E-state index is 11.0. The second kappa shape index (κ2) is 4.90. The van der Waals surface area contributed by atoms with Gasteiger partial charge >= 0.3 is 7.60 Å². The van der Waals surface area contributed by atoms with E-state index < -0.39 is 17.4 Å². The van der Waals surface area contributed by atoms with Crippen molar-refractivity contribution in [2.75, 3.05) is 0 Å². The van der Waals surface area contributed by atoms with Crippen LogP contribution in [0.3, 0.4) is 0 Å². The quantitative estimate of drug-likeness (QED) is 0.761. The molecule has 0 saturated heterocycles. The number of rotatable bonds is 1. The van der Waals surface area contributed by atoms with Crippen LogP contribution in [0.1, 0.15) is 0 Å². The van der Waals surface area contributed by atoms with E-state index in [4.69, 9.17) is 9.79 Å². The predicted octanol–water partition coefficient (Wildman–Crippen LogP) is 1.24. The van der Waals surface area contributed by atoms with Gasteiger partial charge in [0.05, 0.1) is 15.1 Å². The maximum atomic E-state index is 11.0. The molecule has 0 fully saturated rings. The molecular weight excluding hydrogens is 287 g/mol. The summed E-state index contributed by atoms with van der Waals surface area (Å²) in [6.07, 6.45) is 6.46. The van der Waals surface area contributed by atoms with Gasteiger partial charge in [-0.25, -0.2) is 8.42 Å². The lowest BCUT2D eigenvalue weighted by molar-refractivity contribution is 0.387. The van der Waals surface area contributed by atoms with Crippen LogP contribution in [0.25, 0.3) is 0 Å². The monoisotopic (exact) mass is 298 g/mol. The van der Waals surface area contributed by atoms with Crippen molar-refractivity contribution in [3.63, 3.8) is 0 Å². The van der Waals surface area contributed by atoms with Gasteiger partial charge in [0.15, 0.2) is 0 Å². The Morgan fingerprint density at radius 2 is 1.37 bits per heavy atom. The van der Waals surface area contributed by atoms with E-state index in [0.29, 0.717) is 9.81 Å². The lowest BCUT2D eigenvalue weighted by atomic mass is 10.3. The van der Waals surface area contributed by atoms with E-state index >= 15 is 0 Å². The molecule has 0 spiro atoms. The number of hydrogen-bond donors (Lipinski definition) is 2. The van der Waals surface area contributed by atoms with Crippen LogP contribution in [0, 0.1) is 0 Å². The van der Waals surface area contributed by atoms with Crippen molar-refractivity contribution >= 4 is 22.7 Å². The van der Waals surface area contributed by atoms with Crippen LogP contribution in [-0.4, -0.2) is 18.2 Å². The Bertz CT molecular complexity index is 695. The molecule has 0 amide bonds. The summed E-state index contributed by atoms with van der Waals surface area (Å²) in [4.78, 5) is 18.1. The van der Waals surface area contributed by atoms with E-state index in [1.54, 1.807) is 42.5 Å². The van der Waals surface area contributed by atoms with Gasteiger partial charge in [-0.1, -0.05) is 18.2 Å². The molecule has 0 radical (unpaired) electrons. The Morgan fingerprint density at radius 1 is 0.895 bits per heavy atom. The molecule has 0 atom stereocenters. The van der Waals surface area contributed by atoms with E-state index in [-0.39, 0.29) is 5.30 Å². The summed E-state index contributed by atoms with van der Waals surface area (Å²) < 4.78 is 32.4. The summed E-state index contributed by atoms with van der Waals surface area (Å²) in [6, 6.07) is 7.70. The molecule has 2 aliphatic rings. The molecule has 1 aromatic carbocycles. The molecule has 0 aromatic heterocycles. The van der Waals surface area contributed by atoms with Crippen molar-refractivity contribution in [3.8, 4) is 0 Å². The van der Waals surface area contributed by atoms with Crippen LogP contribution in [0.4, 0.5) is 0 Å². The van der Waals surface area contributed by atoms with Gasteiger partial charge < -0.3 is 9.79 Å². The molecule has 5 nitrogen and oxygen atoms in total. The zero-order chi connectivity index (χ0) is 14.1. The molecule has 0 unspecified atom stereocenters.